The first-order valence-electron chi connectivity index (χ1n) is 3.35. The van der Waals surface area contributed by atoms with Crippen LogP contribution in [-0.2, 0) is 0 Å². The van der Waals surface area contributed by atoms with Gasteiger partial charge in [0.1, 0.15) is 5.54 Å². The lowest BCUT2D eigenvalue weighted by atomic mass is 9.69. The van der Waals surface area contributed by atoms with E-state index < -0.39 is 0 Å². The fourth-order valence-corrected chi connectivity index (χ4v) is 1.32. The molecule has 9 heavy (non-hydrogen) atoms. The molecule has 0 bridgehead atoms. The number of nitriles is 1. The molecule has 0 saturated heterocycles. The van der Waals surface area contributed by atoms with Gasteiger partial charge in [-0.15, -0.1) is 0 Å². The molecule has 0 radical (unpaired) electrons. The van der Waals surface area contributed by atoms with Gasteiger partial charge in [-0.25, -0.2) is 0 Å². The molecule has 1 aliphatic carbocycles. The summed E-state index contributed by atoms with van der Waals surface area (Å²) in [6.45, 7) is 2.11. The van der Waals surface area contributed by atoms with Crippen LogP contribution < -0.4 is 5.32 Å². The van der Waals surface area contributed by atoms with Gasteiger partial charge in [-0.1, -0.05) is 6.92 Å². The quantitative estimate of drug-likeness (QED) is 0.563. The Labute approximate surface area is 55.9 Å². The molecule has 1 N–H and O–H groups in total. The Bertz CT molecular complexity index is 143. The van der Waals surface area contributed by atoms with E-state index in [9.17, 15) is 0 Å². The Morgan fingerprint density at radius 3 is 2.44 bits per heavy atom. The molecular weight excluding hydrogens is 112 g/mol. The number of hydrogen-bond donors (Lipinski definition) is 1. The molecule has 0 aromatic heterocycles. The molecule has 1 aliphatic rings. The largest absolute Gasteiger partial charge is 0.302 e. The van der Waals surface area contributed by atoms with Gasteiger partial charge in [0.25, 0.3) is 0 Å². The van der Waals surface area contributed by atoms with E-state index in [1.54, 1.807) is 0 Å². The SMILES string of the molecule is CNC1(C#N)CCC1C. The highest BCUT2D eigenvalue weighted by Crippen LogP contribution is 2.36. The van der Waals surface area contributed by atoms with Crippen molar-refractivity contribution in [1.82, 2.24) is 5.32 Å². The molecule has 0 amide bonds. The van der Waals surface area contributed by atoms with E-state index in [-0.39, 0.29) is 5.54 Å². The van der Waals surface area contributed by atoms with Crippen LogP contribution in [0.5, 0.6) is 0 Å². The van der Waals surface area contributed by atoms with Gasteiger partial charge in [0.05, 0.1) is 6.07 Å². The number of rotatable bonds is 1. The Morgan fingerprint density at radius 2 is 2.44 bits per heavy atom. The van der Waals surface area contributed by atoms with Crippen LogP contribution >= 0.6 is 0 Å². The molecule has 2 heteroatoms. The van der Waals surface area contributed by atoms with Crippen molar-refractivity contribution in [1.29, 1.82) is 5.26 Å². The van der Waals surface area contributed by atoms with Crippen molar-refractivity contribution in [2.75, 3.05) is 7.05 Å². The maximum absolute atomic E-state index is 8.69. The Hall–Kier alpha value is -0.550. The first-order valence-corrected chi connectivity index (χ1v) is 3.35. The molecule has 0 spiro atoms. The van der Waals surface area contributed by atoms with Crippen molar-refractivity contribution in [2.45, 2.75) is 25.3 Å². The van der Waals surface area contributed by atoms with Crippen molar-refractivity contribution in [3.63, 3.8) is 0 Å². The molecule has 2 nitrogen and oxygen atoms in total. The topological polar surface area (TPSA) is 35.8 Å². The Balaban J connectivity index is 2.61. The molecule has 1 rings (SSSR count). The van der Waals surface area contributed by atoms with Gasteiger partial charge in [0, 0.05) is 0 Å². The summed E-state index contributed by atoms with van der Waals surface area (Å²) in [4.78, 5) is 0. The number of nitrogens with zero attached hydrogens (tertiary/aromatic N) is 1. The third-order valence-corrected chi connectivity index (χ3v) is 2.46. The molecule has 0 aromatic carbocycles. The maximum atomic E-state index is 8.69. The number of hydrogen-bond acceptors (Lipinski definition) is 2. The zero-order valence-electron chi connectivity index (χ0n) is 5.94. The summed E-state index contributed by atoms with van der Waals surface area (Å²) in [6.07, 6.45) is 2.20. The lowest BCUT2D eigenvalue weighted by molar-refractivity contribution is 0.167. The van der Waals surface area contributed by atoms with Crippen LogP contribution in [0.2, 0.25) is 0 Å². The van der Waals surface area contributed by atoms with Crippen LogP contribution in [0.15, 0.2) is 0 Å². The van der Waals surface area contributed by atoms with E-state index in [2.05, 4.69) is 18.3 Å². The highest BCUT2D eigenvalue weighted by molar-refractivity contribution is 5.15. The normalized spacial score (nSPS) is 41.2. The summed E-state index contributed by atoms with van der Waals surface area (Å²) < 4.78 is 0. The van der Waals surface area contributed by atoms with Crippen LogP contribution in [0, 0.1) is 17.2 Å². The highest BCUT2D eigenvalue weighted by Gasteiger charge is 2.42. The average molecular weight is 124 g/mol. The smallest absolute Gasteiger partial charge is 0.109 e. The molecular formula is C7H12N2. The van der Waals surface area contributed by atoms with Crippen molar-refractivity contribution < 1.29 is 0 Å². The van der Waals surface area contributed by atoms with E-state index in [4.69, 9.17) is 5.26 Å². The van der Waals surface area contributed by atoms with Gasteiger partial charge in [-0.2, -0.15) is 5.26 Å². The highest BCUT2D eigenvalue weighted by atomic mass is 15.0. The lowest BCUT2D eigenvalue weighted by Gasteiger charge is -2.41. The second kappa shape index (κ2) is 2.00. The Kier molecular flexibility index (Phi) is 1.46. The summed E-state index contributed by atoms with van der Waals surface area (Å²) in [7, 11) is 1.86. The molecule has 1 fully saturated rings. The molecule has 2 unspecified atom stereocenters. The predicted octanol–water partition coefficient (Wildman–Crippen LogP) is 0.898. The third kappa shape index (κ3) is 0.727. The van der Waals surface area contributed by atoms with Gasteiger partial charge in [-0.3, -0.25) is 0 Å². The molecule has 0 aromatic rings. The molecule has 0 heterocycles. The van der Waals surface area contributed by atoms with Crippen LogP contribution in [0.3, 0.4) is 0 Å². The van der Waals surface area contributed by atoms with E-state index >= 15 is 0 Å². The predicted molar refractivity (Wildman–Crippen MR) is 35.8 cm³/mol. The lowest BCUT2D eigenvalue weighted by Crippen LogP contribution is -2.54. The standard InChI is InChI=1S/C7H12N2/c1-6-3-4-7(6,5-8)9-2/h6,9H,3-4H2,1-2H3. The van der Waals surface area contributed by atoms with Crippen molar-refractivity contribution in [3.8, 4) is 6.07 Å². The molecule has 0 aliphatic heterocycles. The van der Waals surface area contributed by atoms with Crippen LogP contribution in [0.25, 0.3) is 0 Å². The fraction of sp³-hybridized carbons (Fsp3) is 0.857. The van der Waals surface area contributed by atoms with Gasteiger partial charge in [0.15, 0.2) is 0 Å². The van der Waals surface area contributed by atoms with Crippen molar-refractivity contribution in [2.24, 2.45) is 5.92 Å². The summed E-state index contributed by atoms with van der Waals surface area (Å²) in [6, 6.07) is 2.30. The molecule has 2 atom stereocenters. The first-order chi connectivity index (χ1) is 4.25. The minimum atomic E-state index is -0.181. The Morgan fingerprint density at radius 1 is 1.78 bits per heavy atom. The monoisotopic (exact) mass is 124 g/mol. The van der Waals surface area contributed by atoms with Crippen molar-refractivity contribution in [3.05, 3.63) is 0 Å². The van der Waals surface area contributed by atoms with E-state index in [1.165, 1.54) is 6.42 Å². The van der Waals surface area contributed by atoms with Gasteiger partial charge < -0.3 is 5.32 Å². The fourth-order valence-electron chi connectivity index (χ4n) is 1.32. The van der Waals surface area contributed by atoms with Crippen LogP contribution in [0.4, 0.5) is 0 Å². The van der Waals surface area contributed by atoms with Crippen LogP contribution in [-0.4, -0.2) is 12.6 Å². The first kappa shape index (κ1) is 6.57. The van der Waals surface area contributed by atoms with E-state index in [1.807, 2.05) is 7.05 Å². The second-order valence-corrected chi connectivity index (χ2v) is 2.77. The summed E-state index contributed by atoms with van der Waals surface area (Å²) in [5, 5.41) is 11.7. The van der Waals surface area contributed by atoms with Gasteiger partial charge in [-0.05, 0) is 25.8 Å². The maximum Gasteiger partial charge on any atom is 0.109 e. The number of nitrogens with one attached hydrogen (secondary N) is 1. The average Bonchev–Trinajstić information content (AvgIpc) is 1.89. The van der Waals surface area contributed by atoms with E-state index in [0.29, 0.717) is 5.92 Å². The summed E-state index contributed by atoms with van der Waals surface area (Å²) in [5.74, 6) is 0.535. The second-order valence-electron chi connectivity index (χ2n) is 2.77. The minimum Gasteiger partial charge on any atom is -0.302 e. The minimum absolute atomic E-state index is 0.181. The molecule has 50 valence electrons. The third-order valence-electron chi connectivity index (χ3n) is 2.46. The van der Waals surface area contributed by atoms with Crippen molar-refractivity contribution >= 4 is 0 Å². The molecule has 1 saturated carbocycles. The zero-order chi connectivity index (χ0) is 6.91. The van der Waals surface area contributed by atoms with Gasteiger partial charge >= 0.3 is 0 Å². The van der Waals surface area contributed by atoms with E-state index in [0.717, 1.165) is 6.42 Å². The van der Waals surface area contributed by atoms with Crippen LogP contribution in [0.1, 0.15) is 19.8 Å². The summed E-state index contributed by atoms with van der Waals surface area (Å²) in [5.41, 5.74) is -0.181. The summed E-state index contributed by atoms with van der Waals surface area (Å²) >= 11 is 0. The van der Waals surface area contributed by atoms with Gasteiger partial charge in [0.2, 0.25) is 0 Å². The zero-order valence-corrected chi connectivity index (χ0v) is 5.94.